The number of halogens is 1. The zero-order valence-electron chi connectivity index (χ0n) is 7.56. The first-order valence-corrected chi connectivity index (χ1v) is 4.98. The Hall–Kier alpha value is -0.320. The Bertz CT molecular complexity index is 217. The monoisotopic (exact) mass is 280 g/mol. The third-order valence-corrected chi connectivity index (χ3v) is 2.20. The third-order valence-electron chi connectivity index (χ3n) is 1.21. The maximum Gasteiger partial charge on any atom is 0.333 e. The summed E-state index contributed by atoms with van der Waals surface area (Å²) in [6.07, 6.45) is 1.81. The van der Waals surface area contributed by atoms with Crippen LogP contribution in [0.4, 0.5) is 0 Å². The minimum absolute atomic E-state index is 0.241. The molecule has 0 aliphatic carbocycles. The van der Waals surface area contributed by atoms with Crippen LogP contribution in [0, 0.1) is 0 Å². The second-order valence-electron chi connectivity index (χ2n) is 2.40. The highest BCUT2D eigenvalue weighted by Crippen LogP contribution is 2.05. The fourth-order valence-electron chi connectivity index (χ4n) is 0.677. The summed E-state index contributed by atoms with van der Waals surface area (Å²) in [5.41, 5.74) is 1.70. The molecule has 0 radical (unpaired) electrons. The average molecular weight is 280 g/mol. The highest BCUT2D eigenvalue weighted by Gasteiger charge is 2.02. The molecule has 0 aromatic carbocycles. The van der Waals surface area contributed by atoms with E-state index in [2.05, 4.69) is 22.6 Å². The summed E-state index contributed by atoms with van der Waals surface area (Å²) in [7, 11) is 0. The Morgan fingerprint density at radius 3 is 2.50 bits per heavy atom. The van der Waals surface area contributed by atoms with Crippen LogP contribution >= 0.6 is 22.6 Å². The molecule has 2 nitrogen and oxygen atoms in total. The molecule has 0 atom stereocenters. The van der Waals surface area contributed by atoms with Crippen molar-refractivity contribution in [2.75, 3.05) is 6.61 Å². The minimum atomic E-state index is -0.241. The third kappa shape index (κ3) is 4.54. The van der Waals surface area contributed by atoms with Crippen LogP contribution in [0.15, 0.2) is 21.3 Å². The highest BCUT2D eigenvalue weighted by atomic mass is 127. The molecule has 0 unspecified atom stereocenters. The molecule has 0 bridgehead atoms. The lowest BCUT2D eigenvalue weighted by atomic mass is 10.2. The van der Waals surface area contributed by atoms with Crippen LogP contribution < -0.4 is 0 Å². The number of allylic oxidation sites excluding steroid dienone is 2. The Morgan fingerprint density at radius 1 is 1.50 bits per heavy atom. The van der Waals surface area contributed by atoms with Gasteiger partial charge in [-0.2, -0.15) is 0 Å². The van der Waals surface area contributed by atoms with Crippen LogP contribution in [0.3, 0.4) is 0 Å². The molecule has 68 valence electrons. The largest absolute Gasteiger partial charge is 0.463 e. The standard InChI is InChI=1S/C9H13IO2/c1-4-12-9(11)8(3)5-7(2)6-10/h5-6H,4H2,1-3H3. The fraction of sp³-hybridized carbons (Fsp3) is 0.444. The molecule has 3 heteroatoms. The van der Waals surface area contributed by atoms with E-state index in [-0.39, 0.29) is 5.97 Å². The molecular weight excluding hydrogens is 267 g/mol. The van der Waals surface area contributed by atoms with Crippen molar-refractivity contribution >= 4 is 28.6 Å². The molecule has 0 saturated carbocycles. The maximum absolute atomic E-state index is 11.1. The van der Waals surface area contributed by atoms with E-state index in [1.54, 1.807) is 13.8 Å². The van der Waals surface area contributed by atoms with Crippen molar-refractivity contribution in [3.63, 3.8) is 0 Å². The number of carbonyl (C=O) groups excluding carboxylic acids is 1. The Labute approximate surface area is 86.8 Å². The van der Waals surface area contributed by atoms with Crippen molar-refractivity contribution in [2.24, 2.45) is 0 Å². The molecule has 0 aliphatic rings. The van der Waals surface area contributed by atoms with Crippen LogP contribution in [-0.4, -0.2) is 12.6 Å². The van der Waals surface area contributed by atoms with Crippen LogP contribution in [0.2, 0.25) is 0 Å². The van der Waals surface area contributed by atoms with Gasteiger partial charge in [0.1, 0.15) is 0 Å². The topological polar surface area (TPSA) is 26.3 Å². The quantitative estimate of drug-likeness (QED) is 0.344. The summed E-state index contributed by atoms with van der Waals surface area (Å²) in [6, 6.07) is 0. The van der Waals surface area contributed by atoms with E-state index >= 15 is 0 Å². The van der Waals surface area contributed by atoms with Gasteiger partial charge in [0, 0.05) is 5.57 Å². The molecule has 12 heavy (non-hydrogen) atoms. The van der Waals surface area contributed by atoms with Gasteiger partial charge >= 0.3 is 5.97 Å². The lowest BCUT2D eigenvalue weighted by Crippen LogP contribution is -2.04. The van der Waals surface area contributed by atoms with E-state index in [9.17, 15) is 4.79 Å². The number of hydrogen-bond acceptors (Lipinski definition) is 2. The summed E-state index contributed by atoms with van der Waals surface area (Å²) in [5, 5.41) is 0. The number of esters is 1. The SMILES string of the molecule is CCOC(=O)C(C)=CC(C)=CI. The van der Waals surface area contributed by atoms with Crippen LogP contribution in [0.1, 0.15) is 20.8 Å². The molecule has 0 spiro atoms. The summed E-state index contributed by atoms with van der Waals surface area (Å²) in [5.74, 6) is -0.241. The number of ether oxygens (including phenoxy) is 1. The van der Waals surface area contributed by atoms with Gasteiger partial charge in [-0.05, 0) is 36.5 Å². The van der Waals surface area contributed by atoms with Crippen molar-refractivity contribution in [3.8, 4) is 0 Å². The summed E-state index contributed by atoms with van der Waals surface area (Å²) in [6.45, 7) is 5.92. The van der Waals surface area contributed by atoms with E-state index in [0.717, 1.165) is 5.57 Å². The predicted octanol–water partition coefficient (Wildman–Crippen LogP) is 2.83. The smallest absolute Gasteiger partial charge is 0.333 e. The number of rotatable bonds is 3. The normalized spacial score (nSPS) is 13.0. The van der Waals surface area contributed by atoms with Crippen molar-refractivity contribution in [1.82, 2.24) is 0 Å². The average Bonchev–Trinajstić information content (AvgIpc) is 2.04. The van der Waals surface area contributed by atoms with Crippen molar-refractivity contribution in [2.45, 2.75) is 20.8 Å². The Balaban J connectivity index is 4.27. The van der Waals surface area contributed by atoms with Crippen molar-refractivity contribution < 1.29 is 9.53 Å². The first kappa shape index (κ1) is 11.7. The molecule has 0 aromatic rings. The lowest BCUT2D eigenvalue weighted by molar-refractivity contribution is -0.138. The van der Waals surface area contributed by atoms with E-state index < -0.39 is 0 Å². The Kier molecular flexibility index (Phi) is 6.06. The van der Waals surface area contributed by atoms with Crippen LogP contribution in [0.25, 0.3) is 0 Å². The lowest BCUT2D eigenvalue weighted by Gasteiger charge is -2.00. The van der Waals surface area contributed by atoms with E-state index in [1.807, 2.05) is 17.1 Å². The second kappa shape index (κ2) is 6.22. The molecule has 0 heterocycles. The molecule has 0 aliphatic heterocycles. The highest BCUT2D eigenvalue weighted by molar-refractivity contribution is 14.1. The second-order valence-corrected chi connectivity index (χ2v) is 3.02. The maximum atomic E-state index is 11.1. The zero-order valence-corrected chi connectivity index (χ0v) is 9.71. The van der Waals surface area contributed by atoms with E-state index in [1.165, 1.54) is 0 Å². The van der Waals surface area contributed by atoms with Gasteiger partial charge in [0.15, 0.2) is 0 Å². The van der Waals surface area contributed by atoms with Gasteiger partial charge in [-0.1, -0.05) is 22.6 Å². The molecule has 0 amide bonds. The zero-order chi connectivity index (χ0) is 9.56. The number of hydrogen-bond donors (Lipinski definition) is 0. The van der Waals surface area contributed by atoms with E-state index in [4.69, 9.17) is 4.74 Å². The molecule has 0 rings (SSSR count). The molecular formula is C9H13IO2. The van der Waals surface area contributed by atoms with Crippen molar-refractivity contribution in [1.29, 1.82) is 0 Å². The molecule has 0 N–H and O–H groups in total. The summed E-state index contributed by atoms with van der Waals surface area (Å²) >= 11 is 2.13. The Morgan fingerprint density at radius 2 is 2.08 bits per heavy atom. The van der Waals surface area contributed by atoms with Gasteiger partial charge in [-0.25, -0.2) is 4.79 Å². The summed E-state index contributed by atoms with van der Waals surface area (Å²) < 4.78 is 6.73. The van der Waals surface area contributed by atoms with Gasteiger partial charge < -0.3 is 4.74 Å². The molecule has 0 saturated heterocycles. The first-order valence-electron chi connectivity index (χ1n) is 3.74. The fourth-order valence-corrected chi connectivity index (χ4v) is 0.857. The van der Waals surface area contributed by atoms with Crippen molar-refractivity contribution in [3.05, 3.63) is 21.3 Å². The van der Waals surface area contributed by atoms with E-state index in [0.29, 0.717) is 12.2 Å². The predicted molar refractivity (Wildman–Crippen MR) is 58.2 cm³/mol. The van der Waals surface area contributed by atoms with Crippen LogP contribution in [-0.2, 0) is 9.53 Å². The van der Waals surface area contributed by atoms with Gasteiger partial charge in [0.2, 0.25) is 0 Å². The van der Waals surface area contributed by atoms with Gasteiger partial charge in [-0.15, -0.1) is 0 Å². The van der Waals surface area contributed by atoms with Gasteiger partial charge in [0.25, 0.3) is 0 Å². The molecule has 0 fully saturated rings. The molecule has 0 aromatic heterocycles. The number of carbonyl (C=O) groups is 1. The van der Waals surface area contributed by atoms with Gasteiger partial charge in [0.05, 0.1) is 6.61 Å². The van der Waals surface area contributed by atoms with Crippen LogP contribution in [0.5, 0.6) is 0 Å². The summed E-state index contributed by atoms with van der Waals surface area (Å²) in [4.78, 5) is 11.1. The van der Waals surface area contributed by atoms with Gasteiger partial charge in [-0.3, -0.25) is 0 Å². The minimum Gasteiger partial charge on any atom is -0.463 e. The first-order chi connectivity index (χ1) is 5.61.